The Balaban J connectivity index is 1.66. The number of methoxy groups -OCH3 is 1. The van der Waals surface area contributed by atoms with Crippen molar-refractivity contribution in [1.82, 2.24) is 4.90 Å². The van der Waals surface area contributed by atoms with Gasteiger partial charge < -0.3 is 9.47 Å². The Kier molecular flexibility index (Phi) is 4.50. The number of thioether (sulfide) groups is 1. The average molecular weight is 452 g/mol. The van der Waals surface area contributed by atoms with Crippen LogP contribution in [-0.4, -0.2) is 42.3 Å². The van der Waals surface area contributed by atoms with Gasteiger partial charge in [-0.2, -0.15) is 0 Å². The molecular formula is C25H22ClNO3S. The third-order valence-corrected chi connectivity index (χ3v) is 8.59. The van der Waals surface area contributed by atoms with Crippen molar-refractivity contribution in [3.63, 3.8) is 0 Å². The van der Waals surface area contributed by atoms with Crippen molar-refractivity contribution >= 4 is 40.1 Å². The van der Waals surface area contributed by atoms with Gasteiger partial charge in [-0.05, 0) is 28.5 Å². The van der Waals surface area contributed by atoms with Crippen molar-refractivity contribution in [2.75, 3.05) is 25.3 Å². The second kappa shape index (κ2) is 7.16. The monoisotopic (exact) mass is 451 g/mol. The molecule has 158 valence electrons. The molecule has 4 atom stereocenters. The molecule has 3 aliphatic rings. The van der Waals surface area contributed by atoms with Crippen molar-refractivity contribution in [3.8, 4) is 5.75 Å². The van der Waals surface area contributed by atoms with Crippen LogP contribution in [0.3, 0.4) is 0 Å². The van der Waals surface area contributed by atoms with Gasteiger partial charge in [-0.15, -0.1) is 11.8 Å². The molecular weight excluding hydrogens is 430 g/mol. The van der Waals surface area contributed by atoms with Gasteiger partial charge in [0, 0.05) is 34.2 Å². The van der Waals surface area contributed by atoms with E-state index in [4.69, 9.17) is 21.1 Å². The van der Waals surface area contributed by atoms with Gasteiger partial charge in [0.05, 0.1) is 13.2 Å². The SMILES string of the molecule is COC(=O)[C@@]12COc3ccc4ccccc4c3[C@H]1N1CSC[C@@H]1[C@H]2c1ccccc1Cl. The van der Waals surface area contributed by atoms with Crippen LogP contribution in [0.25, 0.3) is 10.8 Å². The van der Waals surface area contributed by atoms with E-state index in [9.17, 15) is 4.79 Å². The molecule has 3 aromatic carbocycles. The second-order valence-electron chi connectivity index (χ2n) is 8.50. The number of esters is 1. The lowest BCUT2D eigenvalue weighted by Crippen LogP contribution is -2.49. The van der Waals surface area contributed by atoms with E-state index < -0.39 is 5.41 Å². The topological polar surface area (TPSA) is 38.8 Å². The molecule has 6 heteroatoms. The van der Waals surface area contributed by atoms with Crippen LogP contribution >= 0.6 is 23.4 Å². The minimum absolute atomic E-state index is 0.110. The molecule has 0 amide bonds. The first-order chi connectivity index (χ1) is 15.2. The minimum Gasteiger partial charge on any atom is -0.492 e. The number of rotatable bonds is 2. The summed E-state index contributed by atoms with van der Waals surface area (Å²) in [5.41, 5.74) is 1.24. The molecule has 3 aromatic rings. The molecule has 6 rings (SSSR count). The first-order valence-corrected chi connectivity index (χ1v) is 12.0. The van der Waals surface area contributed by atoms with E-state index in [1.165, 1.54) is 7.11 Å². The van der Waals surface area contributed by atoms with Crippen LogP contribution in [0.1, 0.15) is 23.1 Å². The molecule has 0 aromatic heterocycles. The fraction of sp³-hybridized carbons (Fsp3) is 0.320. The molecule has 0 unspecified atom stereocenters. The number of carbonyl (C=O) groups excluding carboxylic acids is 1. The summed E-state index contributed by atoms with van der Waals surface area (Å²) in [6.45, 7) is 0.281. The number of hydrogen-bond acceptors (Lipinski definition) is 5. The van der Waals surface area contributed by atoms with Crippen LogP contribution in [-0.2, 0) is 9.53 Å². The van der Waals surface area contributed by atoms with E-state index in [0.29, 0.717) is 5.02 Å². The summed E-state index contributed by atoms with van der Waals surface area (Å²) in [4.78, 5) is 16.2. The number of fused-ring (bicyclic) bond motifs is 7. The van der Waals surface area contributed by atoms with Gasteiger partial charge in [0.2, 0.25) is 0 Å². The predicted molar refractivity (Wildman–Crippen MR) is 124 cm³/mol. The van der Waals surface area contributed by atoms with Crippen molar-refractivity contribution in [2.45, 2.75) is 18.0 Å². The zero-order valence-electron chi connectivity index (χ0n) is 17.1. The third-order valence-electron chi connectivity index (χ3n) is 7.19. The van der Waals surface area contributed by atoms with E-state index in [-0.39, 0.29) is 30.6 Å². The zero-order chi connectivity index (χ0) is 21.2. The van der Waals surface area contributed by atoms with Gasteiger partial charge in [-0.3, -0.25) is 9.69 Å². The second-order valence-corrected chi connectivity index (χ2v) is 9.91. The third kappa shape index (κ3) is 2.57. The Labute approximate surface area is 190 Å². The fourth-order valence-electron chi connectivity index (χ4n) is 6.01. The lowest BCUT2D eigenvalue weighted by molar-refractivity contribution is -0.159. The average Bonchev–Trinajstić information content (AvgIpc) is 3.38. The van der Waals surface area contributed by atoms with Gasteiger partial charge >= 0.3 is 5.97 Å². The molecule has 31 heavy (non-hydrogen) atoms. The molecule has 3 heterocycles. The minimum atomic E-state index is -0.859. The van der Waals surface area contributed by atoms with Crippen LogP contribution in [0, 0.1) is 5.41 Å². The fourth-order valence-corrected chi connectivity index (χ4v) is 7.54. The molecule has 0 aliphatic carbocycles. The predicted octanol–water partition coefficient (Wildman–Crippen LogP) is 5.26. The Bertz CT molecular complexity index is 1200. The first-order valence-electron chi connectivity index (χ1n) is 10.5. The number of benzene rings is 3. The highest BCUT2D eigenvalue weighted by molar-refractivity contribution is 7.99. The highest BCUT2D eigenvalue weighted by atomic mass is 35.5. The van der Waals surface area contributed by atoms with Crippen molar-refractivity contribution in [1.29, 1.82) is 0 Å². The number of carbonyl (C=O) groups is 1. The number of hydrogen-bond donors (Lipinski definition) is 0. The Morgan fingerprint density at radius 3 is 2.81 bits per heavy atom. The normalized spacial score (nSPS) is 29.2. The van der Waals surface area contributed by atoms with Crippen molar-refractivity contribution in [2.24, 2.45) is 5.41 Å². The van der Waals surface area contributed by atoms with Crippen molar-refractivity contribution < 1.29 is 14.3 Å². The largest absolute Gasteiger partial charge is 0.492 e. The van der Waals surface area contributed by atoms with E-state index in [1.54, 1.807) is 0 Å². The van der Waals surface area contributed by atoms with Gasteiger partial charge in [0.1, 0.15) is 17.8 Å². The van der Waals surface area contributed by atoms with E-state index >= 15 is 0 Å². The number of halogens is 1. The Morgan fingerprint density at radius 2 is 1.97 bits per heavy atom. The summed E-state index contributed by atoms with van der Waals surface area (Å²) in [5, 5.41) is 2.97. The van der Waals surface area contributed by atoms with E-state index in [2.05, 4.69) is 29.2 Å². The first kappa shape index (κ1) is 19.5. The van der Waals surface area contributed by atoms with Gasteiger partial charge in [0.25, 0.3) is 0 Å². The zero-order valence-corrected chi connectivity index (χ0v) is 18.7. The molecule has 2 fully saturated rings. The van der Waals surface area contributed by atoms with E-state index in [1.807, 2.05) is 48.2 Å². The van der Waals surface area contributed by atoms with Gasteiger partial charge in [-0.1, -0.05) is 60.1 Å². The summed E-state index contributed by atoms with van der Waals surface area (Å²) < 4.78 is 11.8. The highest BCUT2D eigenvalue weighted by Gasteiger charge is 2.68. The van der Waals surface area contributed by atoms with E-state index in [0.717, 1.165) is 39.3 Å². The number of nitrogens with zero attached hydrogens (tertiary/aromatic N) is 1. The standard InChI is InChI=1S/C25H22ClNO3S/c1-29-24(28)25-13-30-20-11-10-15-6-2-3-7-16(15)21(20)23(25)27-14-31-12-19(27)22(25)17-8-4-5-9-18(17)26/h2-11,19,22-23H,12-14H2,1H3/t19-,22-,23-,25-/m1/s1. The molecule has 0 N–H and O–H groups in total. The lowest BCUT2D eigenvalue weighted by Gasteiger charge is -2.43. The summed E-state index contributed by atoms with van der Waals surface area (Å²) in [7, 11) is 1.48. The molecule has 0 spiro atoms. The molecule has 0 bridgehead atoms. The molecule has 0 radical (unpaired) electrons. The maximum Gasteiger partial charge on any atom is 0.317 e. The Morgan fingerprint density at radius 1 is 1.16 bits per heavy atom. The molecule has 0 saturated carbocycles. The number of ether oxygens (including phenoxy) is 2. The van der Waals surface area contributed by atoms with Gasteiger partial charge in [-0.25, -0.2) is 0 Å². The van der Waals surface area contributed by atoms with Crippen LogP contribution in [0.4, 0.5) is 0 Å². The smallest absolute Gasteiger partial charge is 0.317 e. The van der Waals surface area contributed by atoms with Crippen LogP contribution in [0.5, 0.6) is 5.75 Å². The molecule has 3 aliphatic heterocycles. The van der Waals surface area contributed by atoms with Gasteiger partial charge in [0.15, 0.2) is 0 Å². The quantitative estimate of drug-likeness (QED) is 0.497. The summed E-state index contributed by atoms with van der Waals surface area (Å²) >= 11 is 8.63. The maximum absolute atomic E-state index is 13.7. The maximum atomic E-state index is 13.7. The summed E-state index contributed by atoms with van der Waals surface area (Å²) in [6, 6.07) is 20.4. The Hall–Kier alpha value is -2.21. The molecule has 4 nitrogen and oxygen atoms in total. The summed E-state index contributed by atoms with van der Waals surface area (Å²) in [6.07, 6.45) is 0. The van der Waals surface area contributed by atoms with Crippen LogP contribution in [0.15, 0.2) is 60.7 Å². The lowest BCUT2D eigenvalue weighted by atomic mass is 9.66. The molecule has 2 saturated heterocycles. The van der Waals surface area contributed by atoms with Crippen LogP contribution < -0.4 is 4.74 Å². The highest BCUT2D eigenvalue weighted by Crippen LogP contribution is 2.65. The van der Waals surface area contributed by atoms with Crippen molar-refractivity contribution in [3.05, 3.63) is 76.8 Å². The van der Waals surface area contributed by atoms with Crippen LogP contribution in [0.2, 0.25) is 5.02 Å². The summed E-state index contributed by atoms with van der Waals surface area (Å²) in [5.74, 6) is 2.35.